The number of sulfone groups is 1. The predicted molar refractivity (Wildman–Crippen MR) is 124 cm³/mol. The highest BCUT2D eigenvalue weighted by molar-refractivity contribution is 7.90. The number of fused-ring (bicyclic) bond motifs is 3. The molecule has 0 spiro atoms. The first-order valence-corrected chi connectivity index (χ1v) is 12.9. The van der Waals surface area contributed by atoms with Gasteiger partial charge in [-0.05, 0) is 19.9 Å². The zero-order valence-corrected chi connectivity index (χ0v) is 20.6. The smallest absolute Gasteiger partial charge is 0.258 e. The quantitative estimate of drug-likeness (QED) is 0.424. The van der Waals surface area contributed by atoms with Gasteiger partial charge in [0.05, 0.1) is 35.1 Å². The molecule has 13 heteroatoms. The Morgan fingerprint density at radius 1 is 1.24 bits per heavy atom. The van der Waals surface area contributed by atoms with Gasteiger partial charge in [0, 0.05) is 32.1 Å². The Morgan fingerprint density at radius 2 is 2.00 bits per heavy atom. The SMILES string of the molecule is COC[C@H]1COc2c(ccnc2OC(C)C)-c2nnc(CS(=O)(=O)CCc3ncc(Cl)cn3)n21. The summed E-state index contributed by atoms with van der Waals surface area (Å²) < 4.78 is 44.9. The Morgan fingerprint density at radius 3 is 2.71 bits per heavy atom. The van der Waals surface area contributed by atoms with Crippen molar-refractivity contribution in [2.24, 2.45) is 0 Å². The number of nitrogens with zero attached hydrogens (tertiary/aromatic N) is 6. The van der Waals surface area contributed by atoms with E-state index in [1.165, 1.54) is 12.4 Å². The average Bonchev–Trinajstić information content (AvgIpc) is 3.11. The lowest BCUT2D eigenvalue weighted by Crippen LogP contribution is -2.24. The van der Waals surface area contributed by atoms with Gasteiger partial charge in [-0.1, -0.05) is 11.6 Å². The second-order valence-electron chi connectivity index (χ2n) is 8.05. The molecule has 11 nitrogen and oxygen atoms in total. The number of aryl methyl sites for hydroxylation is 1. The molecule has 1 atom stereocenters. The van der Waals surface area contributed by atoms with E-state index in [2.05, 4.69) is 25.1 Å². The Bertz CT molecular complexity index is 1250. The normalized spacial score (nSPS) is 15.4. The number of rotatable bonds is 9. The zero-order valence-electron chi connectivity index (χ0n) is 19.0. The fourth-order valence-corrected chi connectivity index (χ4v) is 4.92. The van der Waals surface area contributed by atoms with Gasteiger partial charge in [0.25, 0.3) is 5.88 Å². The van der Waals surface area contributed by atoms with Crippen LogP contribution >= 0.6 is 11.6 Å². The monoisotopic (exact) mass is 508 g/mol. The third-order valence-corrected chi connectivity index (χ3v) is 6.75. The molecule has 0 amide bonds. The summed E-state index contributed by atoms with van der Waals surface area (Å²) in [5.74, 6) is 1.51. The van der Waals surface area contributed by atoms with Crippen molar-refractivity contribution in [2.45, 2.75) is 38.2 Å². The molecule has 0 N–H and O–H groups in total. The van der Waals surface area contributed by atoms with Crippen LogP contribution < -0.4 is 9.47 Å². The number of aromatic nitrogens is 6. The van der Waals surface area contributed by atoms with Gasteiger partial charge in [-0.25, -0.2) is 23.4 Å². The molecule has 0 bridgehead atoms. The van der Waals surface area contributed by atoms with Gasteiger partial charge in [0.15, 0.2) is 21.4 Å². The minimum absolute atomic E-state index is 0.108. The van der Waals surface area contributed by atoms with Gasteiger partial charge in [0.2, 0.25) is 0 Å². The van der Waals surface area contributed by atoms with E-state index in [4.69, 9.17) is 25.8 Å². The highest BCUT2D eigenvalue weighted by Gasteiger charge is 2.31. The molecule has 0 saturated heterocycles. The minimum atomic E-state index is -3.55. The van der Waals surface area contributed by atoms with Gasteiger partial charge < -0.3 is 18.8 Å². The molecule has 4 rings (SSSR count). The lowest BCUT2D eigenvalue weighted by atomic mass is 10.2. The zero-order chi connectivity index (χ0) is 24.3. The van der Waals surface area contributed by atoms with Crippen LogP contribution in [0.25, 0.3) is 11.4 Å². The Labute approximate surface area is 202 Å². The van der Waals surface area contributed by atoms with Gasteiger partial charge in [0.1, 0.15) is 24.0 Å². The highest BCUT2D eigenvalue weighted by atomic mass is 35.5. The summed E-state index contributed by atoms with van der Waals surface area (Å²) in [6.45, 7) is 4.27. The molecule has 1 aliphatic heterocycles. The van der Waals surface area contributed by atoms with Crippen molar-refractivity contribution in [2.75, 3.05) is 26.1 Å². The van der Waals surface area contributed by atoms with Crippen LogP contribution in [0.3, 0.4) is 0 Å². The molecule has 0 aromatic carbocycles. The van der Waals surface area contributed by atoms with Gasteiger partial charge in [-0.15, -0.1) is 10.2 Å². The molecule has 3 aromatic heterocycles. The first-order chi connectivity index (χ1) is 16.3. The van der Waals surface area contributed by atoms with Gasteiger partial charge in [-0.2, -0.15) is 0 Å². The second kappa shape index (κ2) is 10.2. The molecule has 4 heterocycles. The molecule has 1 aliphatic rings. The van der Waals surface area contributed by atoms with Crippen molar-refractivity contribution in [3.63, 3.8) is 0 Å². The number of ether oxygens (including phenoxy) is 3. The number of methoxy groups -OCH3 is 1. The predicted octanol–water partition coefficient (Wildman–Crippen LogP) is 2.31. The molecular weight excluding hydrogens is 484 g/mol. The maximum atomic E-state index is 12.9. The maximum absolute atomic E-state index is 12.9. The van der Waals surface area contributed by atoms with E-state index in [-0.39, 0.29) is 43.3 Å². The lowest BCUT2D eigenvalue weighted by molar-refractivity contribution is 0.121. The van der Waals surface area contributed by atoms with Gasteiger partial charge in [-0.3, -0.25) is 0 Å². The summed E-state index contributed by atoms with van der Waals surface area (Å²) in [6, 6.07) is 1.40. The van der Waals surface area contributed by atoms with Crippen LogP contribution in [-0.2, 0) is 26.7 Å². The van der Waals surface area contributed by atoms with Gasteiger partial charge >= 0.3 is 0 Å². The van der Waals surface area contributed by atoms with Crippen molar-refractivity contribution in [3.05, 3.63) is 41.3 Å². The molecule has 182 valence electrons. The third-order valence-electron chi connectivity index (χ3n) is 5.03. The topological polar surface area (TPSA) is 131 Å². The minimum Gasteiger partial charge on any atom is -0.485 e. The summed E-state index contributed by atoms with van der Waals surface area (Å²) in [4.78, 5) is 12.4. The summed E-state index contributed by atoms with van der Waals surface area (Å²) >= 11 is 5.79. The number of pyridine rings is 1. The number of hydrogen-bond acceptors (Lipinski definition) is 10. The summed E-state index contributed by atoms with van der Waals surface area (Å²) in [7, 11) is -1.98. The second-order valence-corrected chi connectivity index (χ2v) is 10.7. The molecule has 0 fully saturated rings. The van der Waals surface area contributed by atoms with Crippen LogP contribution in [0, 0.1) is 0 Å². The van der Waals surface area contributed by atoms with Crippen LogP contribution in [0.1, 0.15) is 31.5 Å². The van der Waals surface area contributed by atoms with E-state index in [0.29, 0.717) is 39.7 Å². The molecule has 0 saturated carbocycles. The third kappa shape index (κ3) is 5.45. The van der Waals surface area contributed by atoms with Crippen LogP contribution in [0.15, 0.2) is 24.7 Å². The number of hydrogen-bond donors (Lipinski definition) is 0. The maximum Gasteiger partial charge on any atom is 0.258 e. The van der Waals surface area contributed by atoms with E-state index in [0.717, 1.165) is 0 Å². The molecule has 0 aliphatic carbocycles. The average molecular weight is 509 g/mol. The lowest BCUT2D eigenvalue weighted by Gasteiger charge is -2.19. The summed E-state index contributed by atoms with van der Waals surface area (Å²) in [5.41, 5.74) is 0.620. The molecule has 34 heavy (non-hydrogen) atoms. The summed E-state index contributed by atoms with van der Waals surface area (Å²) in [6.07, 6.45) is 4.53. The van der Waals surface area contributed by atoms with E-state index < -0.39 is 9.84 Å². The standard InChI is InChI=1S/C21H25ClN6O5S/c1-13(2)33-21-19-16(4-6-23-21)20-27-26-18(28(20)15(10-31-3)11-32-19)12-34(29,30)7-5-17-24-8-14(22)9-25-17/h4,6,8-9,13,15H,5,7,10-12H2,1-3H3/t15-/m0/s1. The fourth-order valence-electron chi connectivity index (χ4n) is 3.59. The van der Waals surface area contributed by atoms with E-state index in [1.807, 2.05) is 13.8 Å². The molecule has 3 aromatic rings. The first kappa shape index (κ1) is 24.3. The van der Waals surface area contributed by atoms with Crippen molar-refractivity contribution in [1.29, 1.82) is 0 Å². The largest absolute Gasteiger partial charge is 0.485 e. The van der Waals surface area contributed by atoms with Crippen molar-refractivity contribution in [3.8, 4) is 23.0 Å². The van der Waals surface area contributed by atoms with E-state index in [9.17, 15) is 8.42 Å². The van der Waals surface area contributed by atoms with Crippen molar-refractivity contribution >= 4 is 21.4 Å². The molecule has 0 radical (unpaired) electrons. The molecular formula is C21H25ClN6O5S. The van der Waals surface area contributed by atoms with Crippen LogP contribution in [0.4, 0.5) is 0 Å². The molecule has 0 unspecified atom stereocenters. The fraction of sp³-hybridized carbons (Fsp3) is 0.476. The summed E-state index contributed by atoms with van der Waals surface area (Å²) in [5, 5.41) is 8.93. The van der Waals surface area contributed by atoms with Crippen LogP contribution in [-0.4, -0.2) is 70.3 Å². The van der Waals surface area contributed by atoms with E-state index >= 15 is 0 Å². The van der Waals surface area contributed by atoms with Crippen LogP contribution in [0.2, 0.25) is 5.02 Å². The van der Waals surface area contributed by atoms with Crippen molar-refractivity contribution in [1.82, 2.24) is 29.7 Å². The van der Waals surface area contributed by atoms with E-state index in [1.54, 1.807) is 23.9 Å². The van der Waals surface area contributed by atoms with Crippen LogP contribution in [0.5, 0.6) is 11.6 Å². The Kier molecular flexibility index (Phi) is 7.29. The number of halogens is 1. The highest BCUT2D eigenvalue weighted by Crippen LogP contribution is 2.40. The Hall–Kier alpha value is -2.83. The Balaban J connectivity index is 1.65. The van der Waals surface area contributed by atoms with Crippen molar-refractivity contribution < 1.29 is 22.6 Å². The first-order valence-electron chi connectivity index (χ1n) is 10.7.